The zero-order valence-corrected chi connectivity index (χ0v) is 41.2. The van der Waals surface area contributed by atoms with Gasteiger partial charge in [0.2, 0.25) is 11.8 Å². The van der Waals surface area contributed by atoms with E-state index in [9.17, 15) is 32.3 Å². The number of fused-ring (bicyclic) bond motifs is 2. The molecule has 2 saturated heterocycles. The number of carbonyl (C=O) groups excluding carboxylic acids is 4. The number of carbonyl (C=O) groups is 4. The summed E-state index contributed by atoms with van der Waals surface area (Å²) in [5.74, 6) is 0.540. The molecule has 7 nitrogen and oxygen atoms in total. The van der Waals surface area contributed by atoms with E-state index in [0.717, 1.165) is 87.3 Å². The van der Waals surface area contributed by atoms with Crippen molar-refractivity contribution in [2.75, 3.05) is 18.1 Å². The first kappa shape index (κ1) is 48.4. The number of hydrogen-bond donors (Lipinski definition) is 0. The molecule has 0 spiro atoms. The molecule has 0 atom stereocenters. The van der Waals surface area contributed by atoms with Crippen LogP contribution in [0.4, 0.5) is 22.8 Å². The fraction of sp³-hybridized carbons (Fsp3) is 0.472. The first-order valence-corrected chi connectivity index (χ1v) is 24.4. The molecule has 0 radical (unpaired) electrons. The molecule has 2 aliphatic heterocycles. The third kappa shape index (κ3) is 9.40. The van der Waals surface area contributed by atoms with Crippen LogP contribution in [0.3, 0.4) is 0 Å². The quantitative estimate of drug-likeness (QED) is 0.174. The Balaban J connectivity index is 0.000000194. The maximum atomic E-state index is 14.2. The number of nitrogens with zero attached hydrogens (tertiary/aromatic N) is 2. The standard InChI is InChI=1S/C27H33NO3S.C26H28F3NO2S/c1-7-31-22-10-8-9-18(15-28-23(29)16-32-25(28)30)24(22)19-14-21-20(13-17(19)2)26(3,4)11-12-27(21,5)6;1-15-11-19-20(25(4,5)10-9-24(19,2)3)12-17(15)22-16(7-6-8-18(22)26(27,28)29)13-30-21(31)14-33-23(30)32/h8-10,13-14H,7,11-12,15-16H2,1-6H3;6-8,11-12H,9-10,13-14H2,1-5H3. The molecular formula is C53H61F3N2O5S2. The third-order valence-electron chi connectivity index (χ3n) is 14.1. The van der Waals surface area contributed by atoms with E-state index in [1.165, 1.54) is 39.6 Å². The van der Waals surface area contributed by atoms with Gasteiger partial charge in [-0.2, -0.15) is 13.2 Å². The number of amides is 4. The van der Waals surface area contributed by atoms with E-state index < -0.39 is 17.0 Å². The van der Waals surface area contributed by atoms with Crippen molar-refractivity contribution in [3.05, 3.63) is 111 Å². The van der Waals surface area contributed by atoms with Crippen LogP contribution in [0.1, 0.15) is 138 Å². The average molecular weight is 927 g/mol. The summed E-state index contributed by atoms with van der Waals surface area (Å²) in [7, 11) is 0. The second-order valence-electron chi connectivity index (χ2n) is 20.6. The second-order valence-corrected chi connectivity index (χ2v) is 22.4. The highest BCUT2D eigenvalue weighted by Crippen LogP contribution is 2.51. The Labute approximate surface area is 390 Å². The lowest BCUT2D eigenvalue weighted by Crippen LogP contribution is -2.34. The first-order valence-electron chi connectivity index (χ1n) is 22.5. The highest BCUT2D eigenvalue weighted by Gasteiger charge is 2.42. The number of benzene rings is 4. The van der Waals surface area contributed by atoms with Gasteiger partial charge in [0.05, 0.1) is 36.8 Å². The first-order chi connectivity index (χ1) is 30.3. The Morgan fingerprint density at radius 3 is 1.35 bits per heavy atom. The molecule has 4 aromatic carbocycles. The van der Waals surface area contributed by atoms with Crippen molar-refractivity contribution >= 4 is 45.8 Å². The molecule has 0 aromatic heterocycles. The molecule has 0 bridgehead atoms. The van der Waals surface area contributed by atoms with E-state index in [-0.39, 0.29) is 68.9 Å². The molecule has 8 rings (SSSR count). The molecule has 0 N–H and O–H groups in total. The molecule has 4 aromatic rings. The lowest BCUT2D eigenvalue weighted by molar-refractivity contribution is -0.137. The Morgan fingerprint density at radius 2 is 0.969 bits per heavy atom. The van der Waals surface area contributed by atoms with Crippen LogP contribution >= 0.6 is 23.5 Å². The Bertz CT molecular complexity index is 2560. The van der Waals surface area contributed by atoms with Crippen molar-refractivity contribution < 1.29 is 37.1 Å². The van der Waals surface area contributed by atoms with Crippen molar-refractivity contribution in [1.29, 1.82) is 0 Å². The largest absolute Gasteiger partial charge is 0.493 e. The summed E-state index contributed by atoms with van der Waals surface area (Å²) < 4.78 is 48.6. The molecule has 0 unspecified atom stereocenters. The number of ether oxygens (including phenoxy) is 1. The SMILES string of the molecule is CCOc1cccc(CN2C(=O)CSC2=O)c1-c1cc2c(cc1C)C(C)(C)CCC2(C)C.Cc1cc2c(cc1-c1c(CN3C(=O)CSC3=O)cccc1C(F)(F)F)C(C)(C)CCC2(C)C. The average Bonchev–Trinajstić information content (AvgIpc) is 3.72. The van der Waals surface area contributed by atoms with Gasteiger partial charge >= 0.3 is 6.18 Å². The van der Waals surface area contributed by atoms with Gasteiger partial charge in [0.1, 0.15) is 5.75 Å². The molecule has 2 fully saturated rings. The van der Waals surface area contributed by atoms with Gasteiger partial charge in [-0.1, -0.05) is 121 Å². The molecule has 4 amide bonds. The van der Waals surface area contributed by atoms with Crippen LogP contribution in [0.2, 0.25) is 0 Å². The minimum atomic E-state index is -4.57. The molecule has 2 aliphatic carbocycles. The van der Waals surface area contributed by atoms with Crippen molar-refractivity contribution in [3.8, 4) is 28.0 Å². The fourth-order valence-corrected chi connectivity index (χ4v) is 11.4. The topological polar surface area (TPSA) is 84.0 Å². The zero-order chi connectivity index (χ0) is 47.6. The molecule has 346 valence electrons. The maximum Gasteiger partial charge on any atom is 0.417 e. The number of hydrogen-bond acceptors (Lipinski definition) is 7. The summed E-state index contributed by atoms with van der Waals surface area (Å²) in [4.78, 5) is 51.4. The highest BCUT2D eigenvalue weighted by atomic mass is 32.2. The summed E-state index contributed by atoms with van der Waals surface area (Å²) in [5.41, 5.74) is 10.2. The van der Waals surface area contributed by atoms with Gasteiger partial charge in [0.25, 0.3) is 10.5 Å². The monoisotopic (exact) mass is 926 g/mol. The van der Waals surface area contributed by atoms with Crippen LogP contribution in [-0.2, 0) is 50.5 Å². The van der Waals surface area contributed by atoms with Crippen molar-refractivity contribution in [2.24, 2.45) is 0 Å². The summed E-state index contributed by atoms with van der Waals surface area (Å²) >= 11 is 1.96. The fourth-order valence-electron chi connectivity index (χ4n) is 9.97. The summed E-state index contributed by atoms with van der Waals surface area (Å²) in [5, 5.41) is -0.596. The number of halogens is 3. The lowest BCUT2D eigenvalue weighted by atomic mass is 9.62. The summed E-state index contributed by atoms with van der Waals surface area (Å²) in [6.07, 6.45) is -0.312. The van der Waals surface area contributed by atoms with Crippen LogP contribution in [-0.4, -0.2) is 50.2 Å². The van der Waals surface area contributed by atoms with E-state index in [1.807, 2.05) is 44.2 Å². The van der Waals surface area contributed by atoms with E-state index >= 15 is 0 Å². The van der Waals surface area contributed by atoms with Gasteiger partial charge in [0.15, 0.2) is 0 Å². The highest BCUT2D eigenvalue weighted by molar-refractivity contribution is 8.15. The minimum absolute atomic E-state index is 0.0221. The normalized spacial score (nSPS) is 19.5. The van der Waals surface area contributed by atoms with Gasteiger partial charge in [-0.15, -0.1) is 0 Å². The maximum absolute atomic E-state index is 14.2. The number of thioether (sulfide) groups is 2. The van der Waals surface area contributed by atoms with Crippen molar-refractivity contribution in [2.45, 2.75) is 143 Å². The summed E-state index contributed by atoms with van der Waals surface area (Å²) in [6, 6.07) is 18.6. The van der Waals surface area contributed by atoms with E-state index in [2.05, 4.69) is 74.4 Å². The molecule has 4 aliphatic rings. The Hall–Kier alpha value is -4.55. The van der Waals surface area contributed by atoms with Crippen LogP contribution in [0.25, 0.3) is 22.3 Å². The summed E-state index contributed by atoms with van der Waals surface area (Å²) in [6.45, 7) is 24.6. The van der Waals surface area contributed by atoms with Crippen LogP contribution in [0.5, 0.6) is 5.75 Å². The van der Waals surface area contributed by atoms with Crippen LogP contribution in [0.15, 0.2) is 60.7 Å². The van der Waals surface area contributed by atoms with Crippen LogP contribution < -0.4 is 4.74 Å². The molecule has 2 heterocycles. The molecule has 0 saturated carbocycles. The third-order valence-corrected chi connectivity index (χ3v) is 15.9. The molecular weight excluding hydrogens is 866 g/mol. The molecule has 12 heteroatoms. The number of alkyl halides is 3. The number of imide groups is 2. The zero-order valence-electron chi connectivity index (χ0n) is 39.5. The minimum Gasteiger partial charge on any atom is -0.493 e. The predicted octanol–water partition coefficient (Wildman–Crippen LogP) is 13.8. The van der Waals surface area contributed by atoms with Gasteiger partial charge in [0, 0.05) is 5.56 Å². The lowest BCUT2D eigenvalue weighted by Gasteiger charge is -2.42. The van der Waals surface area contributed by atoms with Crippen molar-refractivity contribution in [3.63, 3.8) is 0 Å². The molecule has 65 heavy (non-hydrogen) atoms. The van der Waals surface area contributed by atoms with Crippen LogP contribution in [0, 0.1) is 13.8 Å². The van der Waals surface area contributed by atoms with Gasteiger partial charge in [-0.25, -0.2) is 0 Å². The van der Waals surface area contributed by atoms with Gasteiger partial charge in [-0.05, 0) is 148 Å². The Kier molecular flexibility index (Phi) is 13.1. The van der Waals surface area contributed by atoms with Gasteiger partial charge < -0.3 is 4.74 Å². The van der Waals surface area contributed by atoms with E-state index in [1.54, 1.807) is 6.07 Å². The van der Waals surface area contributed by atoms with E-state index in [0.29, 0.717) is 17.7 Å². The van der Waals surface area contributed by atoms with E-state index in [4.69, 9.17) is 4.74 Å². The predicted molar refractivity (Wildman–Crippen MR) is 257 cm³/mol. The van der Waals surface area contributed by atoms with Crippen molar-refractivity contribution in [1.82, 2.24) is 9.80 Å². The number of aryl methyl sites for hydroxylation is 2. The smallest absolute Gasteiger partial charge is 0.417 e. The Morgan fingerprint density at radius 1 is 0.585 bits per heavy atom. The number of rotatable bonds is 8. The van der Waals surface area contributed by atoms with Gasteiger partial charge in [-0.3, -0.25) is 29.0 Å². The second kappa shape index (κ2) is 17.6.